The largest absolute Gasteiger partial charge is 0.494 e. The van der Waals surface area contributed by atoms with Gasteiger partial charge in [-0.3, -0.25) is 4.79 Å². The molecule has 20 heavy (non-hydrogen) atoms. The second-order valence-corrected chi connectivity index (χ2v) is 4.53. The van der Waals surface area contributed by atoms with Crippen molar-refractivity contribution in [2.75, 3.05) is 13.7 Å². The quantitative estimate of drug-likeness (QED) is 0.777. The zero-order valence-electron chi connectivity index (χ0n) is 11.7. The third-order valence-corrected chi connectivity index (χ3v) is 3.30. The summed E-state index contributed by atoms with van der Waals surface area (Å²) in [4.78, 5) is 23.9. The molecule has 0 saturated heterocycles. The van der Waals surface area contributed by atoms with E-state index in [2.05, 4.69) is 0 Å². The number of methoxy groups -OCH3 is 1. The van der Waals surface area contributed by atoms with Gasteiger partial charge in [0.25, 0.3) is 0 Å². The monoisotopic (exact) mass is 283 g/mol. The summed E-state index contributed by atoms with van der Waals surface area (Å²) in [5.74, 6) is -1.86. The standard InChI is InChI=1S/C14H18FNO4/c1-4-7-16(9-17)14(2,13(18)19)10-5-6-12(20-3)11(15)8-10/h5-6,8-9H,4,7H2,1-3H3,(H,18,19). The molecule has 5 nitrogen and oxygen atoms in total. The van der Waals surface area contributed by atoms with Crippen molar-refractivity contribution in [1.82, 2.24) is 4.90 Å². The van der Waals surface area contributed by atoms with Gasteiger partial charge in [0.15, 0.2) is 17.1 Å². The van der Waals surface area contributed by atoms with Crippen molar-refractivity contribution < 1.29 is 23.8 Å². The van der Waals surface area contributed by atoms with Crippen LogP contribution in [-0.2, 0) is 15.1 Å². The van der Waals surface area contributed by atoms with Crippen LogP contribution in [0, 0.1) is 5.82 Å². The molecule has 1 unspecified atom stereocenters. The van der Waals surface area contributed by atoms with Gasteiger partial charge in [0.05, 0.1) is 7.11 Å². The Bertz CT molecular complexity index is 506. The van der Waals surface area contributed by atoms with E-state index >= 15 is 0 Å². The van der Waals surface area contributed by atoms with E-state index in [0.717, 1.165) is 11.0 Å². The van der Waals surface area contributed by atoms with Crippen LogP contribution >= 0.6 is 0 Å². The third-order valence-electron chi connectivity index (χ3n) is 3.30. The maximum absolute atomic E-state index is 13.8. The summed E-state index contributed by atoms with van der Waals surface area (Å²) in [5.41, 5.74) is -1.44. The molecule has 0 fully saturated rings. The number of hydrogen-bond donors (Lipinski definition) is 1. The van der Waals surface area contributed by atoms with E-state index in [1.165, 1.54) is 26.2 Å². The van der Waals surface area contributed by atoms with Crippen LogP contribution in [0.5, 0.6) is 5.75 Å². The van der Waals surface area contributed by atoms with Crippen LogP contribution in [0.3, 0.4) is 0 Å². The third kappa shape index (κ3) is 2.74. The molecule has 0 saturated carbocycles. The molecule has 0 radical (unpaired) electrons. The summed E-state index contributed by atoms with van der Waals surface area (Å²) in [6.07, 6.45) is 1.07. The van der Waals surface area contributed by atoms with Crippen molar-refractivity contribution in [2.45, 2.75) is 25.8 Å². The van der Waals surface area contributed by atoms with Gasteiger partial charge >= 0.3 is 5.97 Å². The topological polar surface area (TPSA) is 66.8 Å². The summed E-state index contributed by atoms with van der Waals surface area (Å²) in [6.45, 7) is 3.47. The first-order valence-electron chi connectivity index (χ1n) is 6.21. The average molecular weight is 283 g/mol. The van der Waals surface area contributed by atoms with Crippen LogP contribution in [0.25, 0.3) is 0 Å². The van der Waals surface area contributed by atoms with Gasteiger partial charge in [0, 0.05) is 6.54 Å². The number of rotatable bonds is 7. The summed E-state index contributed by atoms with van der Waals surface area (Å²) in [7, 11) is 1.32. The Morgan fingerprint density at radius 1 is 1.55 bits per heavy atom. The average Bonchev–Trinajstić information content (AvgIpc) is 2.43. The maximum atomic E-state index is 13.8. The van der Waals surface area contributed by atoms with E-state index < -0.39 is 17.3 Å². The summed E-state index contributed by atoms with van der Waals surface area (Å²) in [5, 5.41) is 9.48. The highest BCUT2D eigenvalue weighted by molar-refractivity contribution is 5.83. The molecule has 0 aliphatic heterocycles. The van der Waals surface area contributed by atoms with Gasteiger partial charge in [0.1, 0.15) is 0 Å². The number of carbonyl (C=O) groups is 2. The molecule has 0 aromatic heterocycles. The fourth-order valence-corrected chi connectivity index (χ4v) is 2.00. The fourth-order valence-electron chi connectivity index (χ4n) is 2.00. The Labute approximate surface area is 117 Å². The zero-order chi connectivity index (χ0) is 15.3. The number of ether oxygens (including phenoxy) is 1. The van der Waals surface area contributed by atoms with Crippen molar-refractivity contribution in [1.29, 1.82) is 0 Å². The number of nitrogens with zero attached hydrogens (tertiary/aromatic N) is 1. The first kappa shape index (κ1) is 15.9. The van der Waals surface area contributed by atoms with Crippen molar-refractivity contribution in [3.63, 3.8) is 0 Å². The van der Waals surface area contributed by atoms with Gasteiger partial charge in [-0.15, -0.1) is 0 Å². The van der Waals surface area contributed by atoms with E-state index in [1.807, 2.05) is 6.92 Å². The van der Waals surface area contributed by atoms with E-state index in [9.17, 15) is 19.1 Å². The Balaban J connectivity index is 3.35. The van der Waals surface area contributed by atoms with Gasteiger partial charge in [-0.1, -0.05) is 13.0 Å². The Morgan fingerprint density at radius 2 is 2.20 bits per heavy atom. The van der Waals surface area contributed by atoms with Crippen LogP contribution in [0.2, 0.25) is 0 Å². The molecule has 1 N–H and O–H groups in total. The van der Waals surface area contributed by atoms with Gasteiger partial charge in [-0.05, 0) is 31.0 Å². The first-order chi connectivity index (χ1) is 9.41. The SMILES string of the molecule is CCCN(C=O)C(C)(C(=O)O)c1ccc(OC)c(F)c1. The van der Waals surface area contributed by atoms with Gasteiger partial charge in [0.2, 0.25) is 6.41 Å². The van der Waals surface area contributed by atoms with E-state index in [4.69, 9.17) is 4.74 Å². The minimum Gasteiger partial charge on any atom is -0.494 e. The lowest BCUT2D eigenvalue weighted by Gasteiger charge is -2.35. The number of hydrogen-bond acceptors (Lipinski definition) is 3. The molecule has 1 rings (SSSR count). The Kier molecular flexibility index (Phi) is 5.07. The summed E-state index contributed by atoms with van der Waals surface area (Å²) < 4.78 is 18.6. The molecule has 0 aliphatic carbocycles. The molecule has 6 heteroatoms. The minimum atomic E-state index is -1.62. The van der Waals surface area contributed by atoms with E-state index in [-0.39, 0.29) is 17.9 Å². The number of carboxylic acids is 1. The van der Waals surface area contributed by atoms with Crippen LogP contribution < -0.4 is 4.74 Å². The molecule has 1 aromatic carbocycles. The number of carboxylic acid groups (broad SMARTS) is 1. The molecule has 0 bridgehead atoms. The molecule has 0 heterocycles. The zero-order valence-corrected chi connectivity index (χ0v) is 11.7. The van der Waals surface area contributed by atoms with E-state index in [0.29, 0.717) is 12.8 Å². The summed E-state index contributed by atoms with van der Waals surface area (Å²) in [6, 6.07) is 3.88. The highest BCUT2D eigenvalue weighted by Gasteiger charge is 2.41. The predicted octanol–water partition coefficient (Wildman–Crippen LogP) is 2.00. The van der Waals surface area contributed by atoms with Crippen LogP contribution in [0.15, 0.2) is 18.2 Å². The highest BCUT2D eigenvalue weighted by atomic mass is 19.1. The molecular weight excluding hydrogens is 265 g/mol. The number of carbonyl (C=O) groups excluding carboxylic acids is 1. The molecule has 1 atom stereocenters. The van der Waals surface area contributed by atoms with Crippen molar-refractivity contribution >= 4 is 12.4 Å². The minimum absolute atomic E-state index is 0.0228. The normalized spacial score (nSPS) is 13.4. The summed E-state index contributed by atoms with van der Waals surface area (Å²) >= 11 is 0. The second-order valence-electron chi connectivity index (χ2n) is 4.53. The smallest absolute Gasteiger partial charge is 0.334 e. The lowest BCUT2D eigenvalue weighted by Crippen LogP contribution is -2.49. The second kappa shape index (κ2) is 6.36. The number of aliphatic carboxylic acids is 1. The van der Waals surface area contributed by atoms with E-state index in [1.54, 1.807) is 0 Å². The predicted molar refractivity (Wildman–Crippen MR) is 71.0 cm³/mol. The lowest BCUT2D eigenvalue weighted by molar-refractivity contribution is -0.154. The van der Waals surface area contributed by atoms with Crippen molar-refractivity contribution in [2.24, 2.45) is 0 Å². The molecule has 1 amide bonds. The van der Waals surface area contributed by atoms with Gasteiger partial charge in [-0.2, -0.15) is 0 Å². The molecular formula is C14H18FNO4. The number of benzene rings is 1. The molecule has 0 aliphatic rings. The Hall–Kier alpha value is -2.11. The van der Waals surface area contributed by atoms with Crippen molar-refractivity contribution in [3.05, 3.63) is 29.6 Å². The highest BCUT2D eigenvalue weighted by Crippen LogP contribution is 2.31. The lowest BCUT2D eigenvalue weighted by atomic mass is 9.90. The Morgan fingerprint density at radius 3 is 2.60 bits per heavy atom. The number of halogens is 1. The van der Waals surface area contributed by atoms with Crippen LogP contribution in [0.1, 0.15) is 25.8 Å². The van der Waals surface area contributed by atoms with Gasteiger partial charge in [-0.25, -0.2) is 9.18 Å². The maximum Gasteiger partial charge on any atom is 0.334 e. The number of amides is 1. The molecule has 1 aromatic rings. The van der Waals surface area contributed by atoms with Crippen molar-refractivity contribution in [3.8, 4) is 5.75 Å². The van der Waals surface area contributed by atoms with Crippen LogP contribution in [0.4, 0.5) is 4.39 Å². The van der Waals surface area contributed by atoms with Crippen LogP contribution in [-0.4, -0.2) is 36.0 Å². The fraction of sp³-hybridized carbons (Fsp3) is 0.429. The van der Waals surface area contributed by atoms with Gasteiger partial charge < -0.3 is 14.7 Å². The first-order valence-corrected chi connectivity index (χ1v) is 6.21. The molecule has 0 spiro atoms. The molecule has 110 valence electrons.